The van der Waals surface area contributed by atoms with E-state index >= 15 is 0 Å². The number of rotatable bonds is 5. The number of carboxylic acid groups (broad SMARTS) is 1. The normalized spacial score (nSPS) is 14.7. The van der Waals surface area contributed by atoms with Gasteiger partial charge >= 0.3 is 11.9 Å². The fourth-order valence-electron chi connectivity index (χ4n) is 2.44. The average Bonchev–Trinajstić information content (AvgIpc) is 2.42. The lowest BCUT2D eigenvalue weighted by Crippen LogP contribution is -2.25. The molecule has 0 saturated carbocycles. The predicted octanol–water partition coefficient (Wildman–Crippen LogP) is 1.49. The SMILES string of the molecule is CC(=O)O[C@H](CC(=O)O)CC1=CC(=O)c2c(O)cccc2C1=O. The first-order chi connectivity index (χ1) is 10.8. The van der Waals surface area contributed by atoms with Gasteiger partial charge in [0.1, 0.15) is 11.9 Å². The van der Waals surface area contributed by atoms with Crippen molar-refractivity contribution in [3.8, 4) is 5.75 Å². The fraction of sp³-hybridized carbons (Fsp3) is 0.250. The van der Waals surface area contributed by atoms with Crippen LogP contribution in [0, 0.1) is 0 Å². The molecule has 0 saturated heterocycles. The number of ketones is 2. The van der Waals surface area contributed by atoms with E-state index in [-0.39, 0.29) is 28.9 Å². The molecule has 7 heteroatoms. The number of Topliss-reactive ketones (excluding diaryl/α,β-unsaturated/α-hetero) is 1. The van der Waals surface area contributed by atoms with Crippen molar-refractivity contribution in [2.24, 2.45) is 0 Å². The van der Waals surface area contributed by atoms with Gasteiger partial charge in [-0.1, -0.05) is 12.1 Å². The van der Waals surface area contributed by atoms with Gasteiger partial charge in [-0.05, 0) is 12.1 Å². The molecule has 2 rings (SSSR count). The molecule has 1 aliphatic rings. The number of carbonyl (C=O) groups is 4. The molecule has 0 aromatic heterocycles. The number of carboxylic acids is 1. The van der Waals surface area contributed by atoms with Crippen molar-refractivity contribution in [2.75, 3.05) is 0 Å². The second kappa shape index (κ2) is 6.43. The summed E-state index contributed by atoms with van der Waals surface area (Å²) in [6.45, 7) is 1.13. The van der Waals surface area contributed by atoms with E-state index < -0.39 is 36.0 Å². The maximum Gasteiger partial charge on any atom is 0.307 e. The van der Waals surface area contributed by atoms with E-state index in [1.165, 1.54) is 18.2 Å². The second-order valence-electron chi connectivity index (χ2n) is 5.10. The van der Waals surface area contributed by atoms with E-state index in [1.807, 2.05) is 0 Å². The number of aliphatic carboxylic acids is 1. The Balaban J connectivity index is 2.30. The number of benzene rings is 1. The van der Waals surface area contributed by atoms with Crippen LogP contribution < -0.4 is 0 Å². The summed E-state index contributed by atoms with van der Waals surface area (Å²) >= 11 is 0. The van der Waals surface area contributed by atoms with Crippen LogP contribution in [0.3, 0.4) is 0 Å². The van der Waals surface area contributed by atoms with Crippen LogP contribution in [0.5, 0.6) is 5.75 Å². The molecule has 1 aliphatic carbocycles. The minimum absolute atomic E-state index is 0.0422. The Kier molecular flexibility index (Phi) is 4.59. The molecule has 0 aliphatic heterocycles. The third-order valence-electron chi connectivity index (χ3n) is 3.31. The number of hydrogen-bond acceptors (Lipinski definition) is 6. The Morgan fingerprint density at radius 3 is 2.57 bits per heavy atom. The number of phenolic OH excluding ortho intramolecular Hbond substituents is 1. The number of ether oxygens (including phenoxy) is 1. The topological polar surface area (TPSA) is 118 Å². The first kappa shape index (κ1) is 16.4. The number of fused-ring (bicyclic) bond motifs is 1. The van der Waals surface area contributed by atoms with Crippen molar-refractivity contribution < 1.29 is 34.1 Å². The highest BCUT2D eigenvalue weighted by molar-refractivity contribution is 6.25. The fourth-order valence-corrected chi connectivity index (χ4v) is 2.44. The lowest BCUT2D eigenvalue weighted by atomic mass is 9.86. The lowest BCUT2D eigenvalue weighted by Gasteiger charge is -2.20. The number of hydrogen-bond donors (Lipinski definition) is 2. The molecule has 1 aromatic rings. The Morgan fingerprint density at radius 2 is 1.96 bits per heavy atom. The summed E-state index contributed by atoms with van der Waals surface area (Å²) in [5, 5.41) is 18.5. The molecule has 1 aromatic carbocycles. The zero-order valence-electron chi connectivity index (χ0n) is 12.2. The molecule has 0 radical (unpaired) electrons. The Bertz CT molecular complexity index is 714. The van der Waals surface area contributed by atoms with Crippen LogP contribution in [0.1, 0.15) is 40.5 Å². The van der Waals surface area contributed by atoms with Crippen molar-refractivity contribution >= 4 is 23.5 Å². The first-order valence-electron chi connectivity index (χ1n) is 6.80. The summed E-state index contributed by atoms with van der Waals surface area (Å²) in [6.07, 6.45) is -0.675. The third kappa shape index (κ3) is 3.63. The van der Waals surface area contributed by atoms with Crippen molar-refractivity contribution in [3.63, 3.8) is 0 Å². The summed E-state index contributed by atoms with van der Waals surface area (Å²) in [5.41, 5.74) is 0.00789. The molecule has 0 heterocycles. The van der Waals surface area contributed by atoms with E-state index in [1.54, 1.807) is 0 Å². The van der Waals surface area contributed by atoms with Gasteiger partial charge in [0, 0.05) is 24.5 Å². The molecule has 0 unspecified atom stereocenters. The molecule has 2 N–H and O–H groups in total. The summed E-state index contributed by atoms with van der Waals surface area (Å²) in [7, 11) is 0. The third-order valence-corrected chi connectivity index (χ3v) is 3.31. The van der Waals surface area contributed by atoms with Crippen LogP contribution in [0.4, 0.5) is 0 Å². The largest absolute Gasteiger partial charge is 0.507 e. The first-order valence-corrected chi connectivity index (χ1v) is 6.80. The standard InChI is InChI=1S/C16H14O7/c1-8(17)23-10(7-14(20)21)5-9-6-13(19)15-11(16(9)22)3-2-4-12(15)18/h2-4,6,10,18H,5,7H2,1H3,(H,20,21)/t10-/m0/s1. The molecular formula is C16H14O7. The average molecular weight is 318 g/mol. The zero-order valence-corrected chi connectivity index (χ0v) is 12.2. The summed E-state index contributed by atoms with van der Waals surface area (Å²) in [5.74, 6) is -3.21. The molecule has 120 valence electrons. The van der Waals surface area contributed by atoms with E-state index in [0.717, 1.165) is 13.0 Å². The van der Waals surface area contributed by atoms with Gasteiger partial charge in [0.25, 0.3) is 0 Å². The molecule has 0 fully saturated rings. The van der Waals surface area contributed by atoms with Crippen LogP contribution >= 0.6 is 0 Å². The monoisotopic (exact) mass is 318 g/mol. The number of carbonyl (C=O) groups excluding carboxylic acids is 3. The van der Waals surface area contributed by atoms with E-state index in [2.05, 4.69) is 0 Å². The van der Waals surface area contributed by atoms with Gasteiger partial charge in [0.05, 0.1) is 12.0 Å². The van der Waals surface area contributed by atoms with Crippen molar-refractivity contribution in [1.82, 2.24) is 0 Å². The van der Waals surface area contributed by atoms with Crippen LogP contribution in [0.15, 0.2) is 29.8 Å². The Labute approximate surface area is 131 Å². The molecular weight excluding hydrogens is 304 g/mol. The molecule has 23 heavy (non-hydrogen) atoms. The van der Waals surface area contributed by atoms with Gasteiger partial charge in [-0.15, -0.1) is 0 Å². The van der Waals surface area contributed by atoms with E-state index in [9.17, 15) is 24.3 Å². The predicted molar refractivity (Wildman–Crippen MR) is 77.3 cm³/mol. The minimum Gasteiger partial charge on any atom is -0.507 e. The van der Waals surface area contributed by atoms with Crippen LogP contribution in [-0.2, 0) is 14.3 Å². The number of esters is 1. The van der Waals surface area contributed by atoms with Crippen molar-refractivity contribution in [2.45, 2.75) is 25.9 Å². The van der Waals surface area contributed by atoms with Gasteiger partial charge in [-0.2, -0.15) is 0 Å². The lowest BCUT2D eigenvalue weighted by molar-refractivity contribution is -0.150. The zero-order chi connectivity index (χ0) is 17.1. The van der Waals surface area contributed by atoms with Crippen molar-refractivity contribution in [3.05, 3.63) is 41.0 Å². The minimum atomic E-state index is -1.19. The van der Waals surface area contributed by atoms with E-state index in [4.69, 9.17) is 9.84 Å². The number of phenols is 1. The number of aromatic hydroxyl groups is 1. The van der Waals surface area contributed by atoms with Crippen LogP contribution in [0.2, 0.25) is 0 Å². The van der Waals surface area contributed by atoms with Crippen LogP contribution in [-0.4, -0.2) is 39.8 Å². The van der Waals surface area contributed by atoms with Crippen molar-refractivity contribution in [1.29, 1.82) is 0 Å². The maximum atomic E-state index is 12.4. The quantitative estimate of drug-likeness (QED) is 0.790. The van der Waals surface area contributed by atoms with Gasteiger partial charge in [0.15, 0.2) is 11.6 Å². The molecule has 0 bridgehead atoms. The van der Waals surface area contributed by atoms with Gasteiger partial charge in [0.2, 0.25) is 0 Å². The van der Waals surface area contributed by atoms with Gasteiger partial charge in [-0.25, -0.2) is 0 Å². The summed E-state index contributed by atoms with van der Waals surface area (Å²) in [6, 6.07) is 4.14. The van der Waals surface area contributed by atoms with E-state index in [0.29, 0.717) is 0 Å². The highest BCUT2D eigenvalue weighted by Crippen LogP contribution is 2.30. The summed E-state index contributed by atoms with van der Waals surface area (Å²) in [4.78, 5) is 46.4. The Hall–Kier alpha value is -2.96. The smallest absolute Gasteiger partial charge is 0.307 e. The Morgan fingerprint density at radius 1 is 1.26 bits per heavy atom. The van der Waals surface area contributed by atoms with Crippen LogP contribution in [0.25, 0.3) is 0 Å². The molecule has 0 amide bonds. The second-order valence-corrected chi connectivity index (χ2v) is 5.10. The maximum absolute atomic E-state index is 12.4. The molecule has 7 nitrogen and oxygen atoms in total. The van der Waals surface area contributed by atoms with Gasteiger partial charge in [-0.3, -0.25) is 19.2 Å². The number of allylic oxidation sites excluding steroid dienone is 1. The highest BCUT2D eigenvalue weighted by atomic mass is 16.5. The highest BCUT2D eigenvalue weighted by Gasteiger charge is 2.30. The van der Waals surface area contributed by atoms with Gasteiger partial charge < -0.3 is 14.9 Å². The summed E-state index contributed by atoms with van der Waals surface area (Å²) < 4.78 is 4.89. The molecule has 0 spiro atoms. The molecule has 1 atom stereocenters.